The van der Waals surface area contributed by atoms with Gasteiger partial charge in [-0.1, -0.05) is 0 Å². The van der Waals surface area contributed by atoms with Crippen LogP contribution in [0.3, 0.4) is 0 Å². The Bertz CT molecular complexity index is 613. The summed E-state index contributed by atoms with van der Waals surface area (Å²) in [6, 6.07) is 4.12. The first kappa shape index (κ1) is 13.5. The summed E-state index contributed by atoms with van der Waals surface area (Å²) < 4.78 is 5.39. The minimum absolute atomic E-state index is 0.203. The number of fused-ring (bicyclic) bond motifs is 1. The zero-order valence-corrected chi connectivity index (χ0v) is 11.5. The first-order chi connectivity index (χ1) is 9.02. The molecule has 1 heterocycles. The minimum Gasteiger partial charge on any atom is -0.495 e. The number of hydrogen-bond donors (Lipinski definition) is 2. The van der Waals surface area contributed by atoms with E-state index >= 15 is 0 Å². The SMILES string of the molecule is COc1cc(C)cc2c(CCCC(=O)O)c(C)[nH]c12. The molecule has 0 aliphatic rings. The molecule has 0 saturated carbocycles. The van der Waals surface area contributed by atoms with E-state index in [9.17, 15) is 4.79 Å². The number of carbonyl (C=O) groups is 1. The number of rotatable bonds is 5. The van der Waals surface area contributed by atoms with Gasteiger partial charge in [-0.25, -0.2) is 0 Å². The smallest absolute Gasteiger partial charge is 0.303 e. The van der Waals surface area contributed by atoms with Crippen molar-refractivity contribution in [3.05, 3.63) is 29.0 Å². The van der Waals surface area contributed by atoms with Gasteiger partial charge in [-0.05, 0) is 49.9 Å². The molecule has 102 valence electrons. The standard InChI is InChI=1S/C15H19NO3/c1-9-7-12-11(5-4-6-14(17)18)10(2)16-15(12)13(8-9)19-3/h7-8,16H,4-6H2,1-3H3,(H,17,18). The van der Waals surface area contributed by atoms with E-state index in [0.29, 0.717) is 6.42 Å². The zero-order valence-electron chi connectivity index (χ0n) is 11.5. The quantitative estimate of drug-likeness (QED) is 0.868. The van der Waals surface area contributed by atoms with Gasteiger partial charge in [0.1, 0.15) is 5.75 Å². The van der Waals surface area contributed by atoms with Crippen molar-refractivity contribution in [2.24, 2.45) is 0 Å². The van der Waals surface area contributed by atoms with Gasteiger partial charge in [0.25, 0.3) is 0 Å². The lowest BCUT2D eigenvalue weighted by atomic mass is 10.0. The molecular formula is C15H19NO3. The number of hydrogen-bond acceptors (Lipinski definition) is 2. The summed E-state index contributed by atoms with van der Waals surface area (Å²) in [5.41, 5.74) is 4.42. The zero-order chi connectivity index (χ0) is 14.0. The van der Waals surface area contributed by atoms with Crippen LogP contribution in [-0.2, 0) is 11.2 Å². The normalized spacial score (nSPS) is 10.9. The highest BCUT2D eigenvalue weighted by atomic mass is 16.5. The van der Waals surface area contributed by atoms with Crippen molar-refractivity contribution in [2.45, 2.75) is 33.1 Å². The fraction of sp³-hybridized carbons (Fsp3) is 0.400. The van der Waals surface area contributed by atoms with Crippen LogP contribution in [0.4, 0.5) is 0 Å². The molecule has 4 nitrogen and oxygen atoms in total. The van der Waals surface area contributed by atoms with Crippen LogP contribution in [0.25, 0.3) is 10.9 Å². The highest BCUT2D eigenvalue weighted by Gasteiger charge is 2.13. The molecule has 0 bridgehead atoms. The Morgan fingerprint density at radius 3 is 2.74 bits per heavy atom. The largest absolute Gasteiger partial charge is 0.495 e. The number of aliphatic carboxylic acids is 1. The average Bonchev–Trinajstić information content (AvgIpc) is 2.65. The lowest BCUT2D eigenvalue weighted by Crippen LogP contribution is -1.96. The van der Waals surface area contributed by atoms with Gasteiger partial charge in [0.05, 0.1) is 12.6 Å². The predicted octanol–water partition coefficient (Wildman–Crippen LogP) is 3.20. The van der Waals surface area contributed by atoms with E-state index in [4.69, 9.17) is 9.84 Å². The van der Waals surface area contributed by atoms with Gasteiger partial charge < -0.3 is 14.8 Å². The molecule has 0 fully saturated rings. The number of aromatic amines is 1. The molecular weight excluding hydrogens is 242 g/mol. The summed E-state index contributed by atoms with van der Waals surface area (Å²) in [7, 11) is 1.66. The van der Waals surface area contributed by atoms with E-state index in [0.717, 1.165) is 34.3 Å². The Morgan fingerprint density at radius 2 is 2.11 bits per heavy atom. The second-order valence-corrected chi connectivity index (χ2v) is 4.87. The molecule has 4 heteroatoms. The van der Waals surface area contributed by atoms with Gasteiger partial charge in [0, 0.05) is 17.5 Å². The van der Waals surface area contributed by atoms with Gasteiger partial charge in [0.15, 0.2) is 0 Å². The Hall–Kier alpha value is -1.97. The van der Waals surface area contributed by atoms with E-state index in [1.165, 1.54) is 5.56 Å². The number of aryl methyl sites for hydroxylation is 3. The Kier molecular flexibility index (Phi) is 3.79. The highest BCUT2D eigenvalue weighted by molar-refractivity contribution is 5.90. The highest BCUT2D eigenvalue weighted by Crippen LogP contribution is 2.31. The fourth-order valence-corrected chi connectivity index (χ4v) is 2.48. The van der Waals surface area contributed by atoms with Crippen molar-refractivity contribution in [3.63, 3.8) is 0 Å². The fourth-order valence-electron chi connectivity index (χ4n) is 2.48. The molecule has 19 heavy (non-hydrogen) atoms. The van der Waals surface area contributed by atoms with E-state index in [-0.39, 0.29) is 6.42 Å². The van der Waals surface area contributed by atoms with Crippen LogP contribution < -0.4 is 4.74 Å². The molecule has 0 unspecified atom stereocenters. The molecule has 1 aromatic heterocycles. The summed E-state index contributed by atoms with van der Waals surface area (Å²) in [6.07, 6.45) is 1.62. The number of carboxylic acids is 1. The summed E-state index contributed by atoms with van der Waals surface area (Å²) in [5.74, 6) is 0.0915. The van der Waals surface area contributed by atoms with Crippen molar-refractivity contribution in [2.75, 3.05) is 7.11 Å². The maximum Gasteiger partial charge on any atom is 0.303 e. The van der Waals surface area contributed by atoms with Crippen molar-refractivity contribution in [1.82, 2.24) is 4.98 Å². The van der Waals surface area contributed by atoms with E-state index in [1.807, 2.05) is 19.9 Å². The van der Waals surface area contributed by atoms with Crippen LogP contribution in [0.5, 0.6) is 5.75 Å². The van der Waals surface area contributed by atoms with Crippen LogP contribution in [0.2, 0.25) is 0 Å². The third kappa shape index (κ3) is 2.72. The van der Waals surface area contributed by atoms with E-state index < -0.39 is 5.97 Å². The predicted molar refractivity (Wildman–Crippen MR) is 74.9 cm³/mol. The number of ether oxygens (including phenoxy) is 1. The molecule has 0 radical (unpaired) electrons. The third-order valence-electron chi connectivity index (χ3n) is 3.37. The Labute approximate surface area is 112 Å². The molecule has 0 saturated heterocycles. The van der Waals surface area contributed by atoms with Crippen molar-refractivity contribution < 1.29 is 14.6 Å². The van der Waals surface area contributed by atoms with Crippen LogP contribution in [0, 0.1) is 13.8 Å². The first-order valence-corrected chi connectivity index (χ1v) is 6.40. The number of methoxy groups -OCH3 is 1. The summed E-state index contributed by atoms with van der Waals surface area (Å²) in [5, 5.41) is 9.86. The topological polar surface area (TPSA) is 62.3 Å². The van der Waals surface area contributed by atoms with Gasteiger partial charge in [0.2, 0.25) is 0 Å². The minimum atomic E-state index is -0.744. The first-order valence-electron chi connectivity index (χ1n) is 6.40. The number of carboxylic acid groups (broad SMARTS) is 1. The van der Waals surface area contributed by atoms with Gasteiger partial charge in [-0.2, -0.15) is 0 Å². The van der Waals surface area contributed by atoms with Crippen LogP contribution in [0.1, 0.15) is 29.7 Å². The third-order valence-corrected chi connectivity index (χ3v) is 3.37. The average molecular weight is 261 g/mol. The molecule has 2 aromatic rings. The summed E-state index contributed by atoms with van der Waals surface area (Å²) in [4.78, 5) is 13.9. The molecule has 2 rings (SSSR count). The van der Waals surface area contributed by atoms with Crippen molar-refractivity contribution in [1.29, 1.82) is 0 Å². The number of nitrogens with one attached hydrogen (secondary N) is 1. The maximum absolute atomic E-state index is 10.6. The molecule has 1 aromatic carbocycles. The number of aromatic nitrogens is 1. The lowest BCUT2D eigenvalue weighted by molar-refractivity contribution is -0.137. The van der Waals surface area contributed by atoms with E-state index in [1.54, 1.807) is 7.11 Å². The van der Waals surface area contributed by atoms with E-state index in [2.05, 4.69) is 11.1 Å². The summed E-state index contributed by atoms with van der Waals surface area (Å²) in [6.45, 7) is 4.05. The molecule has 0 atom stereocenters. The van der Waals surface area contributed by atoms with Crippen LogP contribution in [0.15, 0.2) is 12.1 Å². The second-order valence-electron chi connectivity index (χ2n) is 4.87. The van der Waals surface area contributed by atoms with Crippen molar-refractivity contribution in [3.8, 4) is 5.75 Å². The number of benzene rings is 1. The molecule has 0 aliphatic carbocycles. The monoisotopic (exact) mass is 261 g/mol. The van der Waals surface area contributed by atoms with Crippen molar-refractivity contribution >= 4 is 16.9 Å². The molecule has 2 N–H and O–H groups in total. The molecule has 0 aliphatic heterocycles. The Morgan fingerprint density at radius 1 is 1.37 bits per heavy atom. The van der Waals surface area contributed by atoms with Crippen LogP contribution >= 0.6 is 0 Å². The molecule has 0 amide bonds. The molecule has 0 spiro atoms. The summed E-state index contributed by atoms with van der Waals surface area (Å²) >= 11 is 0. The second kappa shape index (κ2) is 5.34. The van der Waals surface area contributed by atoms with Gasteiger partial charge in [-0.15, -0.1) is 0 Å². The Balaban J connectivity index is 2.40. The maximum atomic E-state index is 10.6. The number of H-pyrrole nitrogens is 1. The van der Waals surface area contributed by atoms with Crippen LogP contribution in [-0.4, -0.2) is 23.2 Å². The lowest BCUT2D eigenvalue weighted by Gasteiger charge is -2.05. The van der Waals surface area contributed by atoms with Gasteiger partial charge >= 0.3 is 5.97 Å². The van der Waals surface area contributed by atoms with Gasteiger partial charge in [-0.3, -0.25) is 4.79 Å².